The molecule has 1 aliphatic heterocycles. The first kappa shape index (κ1) is 29.2. The van der Waals surface area contributed by atoms with Crippen LogP contribution in [-0.4, -0.2) is 64.8 Å². The van der Waals surface area contributed by atoms with E-state index in [1.54, 1.807) is 18.2 Å². The predicted octanol–water partition coefficient (Wildman–Crippen LogP) is 4.55. The van der Waals surface area contributed by atoms with Crippen molar-refractivity contribution in [3.8, 4) is 11.8 Å². The number of carbonyl (C=O) groups excluding carboxylic acids is 2. The number of aromatic nitrogens is 2. The SMILES string of the molecule is Cc1ccc(C(=O)Nc2ccc(CN3CCN(C)CC3)c(C(F)(F)F)c2)cc1C#Cc1cnc(NC(=O)C2CC2)cn1. The largest absolute Gasteiger partial charge is 0.416 e. The highest BCUT2D eigenvalue weighted by Crippen LogP contribution is 2.35. The van der Waals surface area contributed by atoms with Crippen molar-refractivity contribution in [1.82, 2.24) is 19.8 Å². The average Bonchev–Trinajstić information content (AvgIpc) is 3.81. The van der Waals surface area contributed by atoms with E-state index in [0.717, 1.165) is 37.6 Å². The van der Waals surface area contributed by atoms with Crippen LogP contribution in [0.2, 0.25) is 0 Å². The average molecular weight is 577 g/mol. The molecule has 2 aromatic carbocycles. The van der Waals surface area contributed by atoms with Crippen LogP contribution in [0.25, 0.3) is 0 Å². The van der Waals surface area contributed by atoms with Crippen LogP contribution in [-0.2, 0) is 17.5 Å². The smallest absolute Gasteiger partial charge is 0.322 e. The number of likely N-dealkylation sites (N-methyl/N-ethyl adjacent to an activating group) is 1. The number of carbonyl (C=O) groups is 2. The van der Waals surface area contributed by atoms with E-state index in [1.165, 1.54) is 24.5 Å². The van der Waals surface area contributed by atoms with Crippen LogP contribution in [0.3, 0.4) is 0 Å². The Bertz CT molecular complexity index is 1530. The van der Waals surface area contributed by atoms with Gasteiger partial charge < -0.3 is 15.5 Å². The lowest BCUT2D eigenvalue weighted by Gasteiger charge is -2.33. The third kappa shape index (κ3) is 7.51. The van der Waals surface area contributed by atoms with Gasteiger partial charge in [-0.2, -0.15) is 13.2 Å². The summed E-state index contributed by atoms with van der Waals surface area (Å²) in [6, 6.07) is 8.84. The zero-order chi connectivity index (χ0) is 29.9. The van der Waals surface area contributed by atoms with Gasteiger partial charge in [-0.3, -0.25) is 14.5 Å². The molecule has 2 amide bonds. The quantitative estimate of drug-likeness (QED) is 0.419. The maximum absolute atomic E-state index is 14.0. The zero-order valence-electron chi connectivity index (χ0n) is 23.4. The molecule has 0 unspecified atom stereocenters. The van der Waals surface area contributed by atoms with Gasteiger partial charge in [0.05, 0.1) is 18.0 Å². The summed E-state index contributed by atoms with van der Waals surface area (Å²) in [7, 11) is 1.99. The summed E-state index contributed by atoms with van der Waals surface area (Å²) in [6.45, 7) is 5.03. The van der Waals surface area contributed by atoms with Crippen molar-refractivity contribution in [2.24, 2.45) is 5.92 Å². The first-order valence-corrected chi connectivity index (χ1v) is 13.7. The Balaban J connectivity index is 1.27. The van der Waals surface area contributed by atoms with Crippen molar-refractivity contribution in [1.29, 1.82) is 0 Å². The van der Waals surface area contributed by atoms with Crippen LogP contribution in [0.4, 0.5) is 24.7 Å². The lowest BCUT2D eigenvalue weighted by Crippen LogP contribution is -2.44. The van der Waals surface area contributed by atoms with Crippen LogP contribution in [0.1, 0.15) is 51.1 Å². The summed E-state index contributed by atoms with van der Waals surface area (Å²) in [5, 5.41) is 5.31. The molecule has 2 aliphatic rings. The molecule has 0 bridgehead atoms. The van der Waals surface area contributed by atoms with Gasteiger partial charge in [-0.15, -0.1) is 0 Å². The van der Waals surface area contributed by atoms with Gasteiger partial charge in [-0.05, 0) is 68.1 Å². The normalized spacial score (nSPS) is 15.9. The van der Waals surface area contributed by atoms with Gasteiger partial charge in [0.2, 0.25) is 5.91 Å². The zero-order valence-corrected chi connectivity index (χ0v) is 23.4. The summed E-state index contributed by atoms with van der Waals surface area (Å²) in [4.78, 5) is 37.4. The number of halogens is 3. The molecule has 42 heavy (non-hydrogen) atoms. The fraction of sp³-hybridized carbons (Fsp3) is 0.355. The highest BCUT2D eigenvalue weighted by molar-refractivity contribution is 6.04. The Kier molecular flexibility index (Phi) is 8.56. The van der Waals surface area contributed by atoms with Gasteiger partial charge in [-0.25, -0.2) is 9.97 Å². The van der Waals surface area contributed by atoms with Crippen LogP contribution in [0.5, 0.6) is 0 Å². The van der Waals surface area contributed by atoms with Crippen LogP contribution < -0.4 is 10.6 Å². The van der Waals surface area contributed by atoms with Crippen molar-refractivity contribution >= 4 is 23.3 Å². The number of piperazine rings is 1. The van der Waals surface area contributed by atoms with E-state index in [-0.39, 0.29) is 35.2 Å². The number of aryl methyl sites for hydroxylation is 1. The van der Waals surface area contributed by atoms with Crippen molar-refractivity contribution in [2.75, 3.05) is 43.9 Å². The molecule has 0 radical (unpaired) electrons. The van der Waals surface area contributed by atoms with E-state index in [9.17, 15) is 22.8 Å². The molecule has 2 heterocycles. The molecule has 1 saturated carbocycles. The molecule has 218 valence electrons. The second kappa shape index (κ2) is 12.3. The molecule has 3 aromatic rings. The van der Waals surface area contributed by atoms with Gasteiger partial charge in [0, 0.05) is 55.5 Å². The minimum atomic E-state index is -4.56. The summed E-state index contributed by atoms with van der Waals surface area (Å²) < 4.78 is 41.9. The summed E-state index contributed by atoms with van der Waals surface area (Å²) in [6.07, 6.45) is 0.105. The van der Waals surface area contributed by atoms with Gasteiger partial charge >= 0.3 is 6.18 Å². The molecule has 2 fully saturated rings. The highest BCUT2D eigenvalue weighted by atomic mass is 19.4. The summed E-state index contributed by atoms with van der Waals surface area (Å²) in [5.74, 6) is 5.67. The number of alkyl halides is 3. The molecule has 2 N–H and O–H groups in total. The maximum Gasteiger partial charge on any atom is 0.416 e. The molecule has 11 heteroatoms. The monoisotopic (exact) mass is 576 g/mol. The number of nitrogens with one attached hydrogen (secondary N) is 2. The van der Waals surface area contributed by atoms with Crippen LogP contribution in [0, 0.1) is 24.7 Å². The van der Waals surface area contributed by atoms with E-state index in [1.807, 2.05) is 18.9 Å². The van der Waals surface area contributed by atoms with Crippen molar-refractivity contribution in [2.45, 2.75) is 32.5 Å². The lowest BCUT2D eigenvalue weighted by molar-refractivity contribution is -0.138. The number of nitrogens with zero attached hydrogens (tertiary/aromatic N) is 4. The Morgan fingerprint density at radius 3 is 2.40 bits per heavy atom. The van der Waals surface area contributed by atoms with Crippen molar-refractivity contribution in [3.05, 3.63) is 82.3 Å². The molecule has 1 aromatic heterocycles. The van der Waals surface area contributed by atoms with Gasteiger partial charge in [0.25, 0.3) is 5.91 Å². The number of benzene rings is 2. The Morgan fingerprint density at radius 1 is 0.976 bits per heavy atom. The Morgan fingerprint density at radius 2 is 1.74 bits per heavy atom. The summed E-state index contributed by atoms with van der Waals surface area (Å²) in [5.41, 5.74) is 1.50. The number of hydrogen-bond acceptors (Lipinski definition) is 6. The molecule has 0 spiro atoms. The lowest BCUT2D eigenvalue weighted by atomic mass is 10.0. The fourth-order valence-electron chi connectivity index (χ4n) is 4.57. The van der Waals surface area contributed by atoms with E-state index in [4.69, 9.17) is 0 Å². The number of amides is 2. The van der Waals surface area contributed by atoms with Crippen molar-refractivity contribution < 1.29 is 22.8 Å². The number of anilines is 2. The summed E-state index contributed by atoms with van der Waals surface area (Å²) >= 11 is 0. The number of hydrogen-bond donors (Lipinski definition) is 2. The van der Waals surface area contributed by atoms with Crippen molar-refractivity contribution in [3.63, 3.8) is 0 Å². The number of rotatable bonds is 6. The van der Waals surface area contributed by atoms with Crippen LogP contribution >= 0.6 is 0 Å². The second-order valence-electron chi connectivity index (χ2n) is 10.7. The second-order valence-corrected chi connectivity index (χ2v) is 10.7. The van der Waals surface area contributed by atoms with Gasteiger partial charge in [0.15, 0.2) is 5.82 Å². The molecular formula is C31H31F3N6O2. The van der Waals surface area contributed by atoms with Gasteiger partial charge in [0.1, 0.15) is 5.69 Å². The first-order valence-electron chi connectivity index (χ1n) is 13.7. The van der Waals surface area contributed by atoms with Gasteiger partial charge in [-0.1, -0.05) is 18.1 Å². The standard InChI is InChI=1S/C31H31F3N6O2/c1-20-3-4-23(15-22(20)7-10-26-17-36-28(18-35-26)38-29(41)21-5-6-21)30(42)37-25-9-8-24(27(16-25)31(32,33)34)19-40-13-11-39(2)12-14-40/h3-4,8-9,15-18,21H,5-6,11-14,19H2,1-2H3,(H,37,42)(H,36,38,41). The molecule has 1 saturated heterocycles. The Labute approximate surface area is 242 Å². The fourth-order valence-corrected chi connectivity index (χ4v) is 4.57. The first-order chi connectivity index (χ1) is 20.0. The van der Waals surface area contributed by atoms with E-state index in [2.05, 4.69) is 37.3 Å². The van der Waals surface area contributed by atoms with Crippen LogP contribution in [0.15, 0.2) is 48.8 Å². The third-order valence-electron chi connectivity index (χ3n) is 7.34. The minimum Gasteiger partial charge on any atom is -0.322 e. The molecule has 8 nitrogen and oxygen atoms in total. The molecular weight excluding hydrogens is 545 g/mol. The Hall–Kier alpha value is -4.27. The van der Waals surface area contributed by atoms with E-state index >= 15 is 0 Å². The topological polar surface area (TPSA) is 90.5 Å². The molecule has 1 aliphatic carbocycles. The predicted molar refractivity (Wildman–Crippen MR) is 153 cm³/mol. The minimum absolute atomic E-state index is 0.0527. The third-order valence-corrected chi connectivity index (χ3v) is 7.34. The molecule has 5 rings (SSSR count). The maximum atomic E-state index is 14.0. The highest BCUT2D eigenvalue weighted by Gasteiger charge is 2.34. The van der Waals surface area contributed by atoms with E-state index in [0.29, 0.717) is 30.2 Å². The molecule has 0 atom stereocenters. The van der Waals surface area contributed by atoms with E-state index < -0.39 is 17.6 Å².